The predicted molar refractivity (Wildman–Crippen MR) is 120 cm³/mol. The lowest BCUT2D eigenvalue weighted by Gasteiger charge is -2.21. The van der Waals surface area contributed by atoms with Crippen molar-refractivity contribution in [2.45, 2.75) is 45.4 Å². The molecule has 0 aromatic heterocycles. The molecule has 140 valence electrons. The zero-order chi connectivity index (χ0) is 19.3. The first kappa shape index (κ1) is 18.9. The van der Waals surface area contributed by atoms with Crippen LogP contribution in [0.15, 0.2) is 60.7 Å². The van der Waals surface area contributed by atoms with Gasteiger partial charge in [-0.05, 0) is 89.9 Å². The van der Waals surface area contributed by atoms with Crippen LogP contribution in [0, 0.1) is 11.8 Å². The molecule has 1 aliphatic carbocycles. The van der Waals surface area contributed by atoms with Gasteiger partial charge < -0.3 is 0 Å². The van der Waals surface area contributed by atoms with Gasteiger partial charge in [0, 0.05) is 16.1 Å². The van der Waals surface area contributed by atoms with Crippen LogP contribution in [0.3, 0.4) is 0 Å². The van der Waals surface area contributed by atoms with Crippen molar-refractivity contribution in [2.24, 2.45) is 0 Å². The van der Waals surface area contributed by atoms with Crippen molar-refractivity contribution in [2.75, 3.05) is 0 Å². The Labute approximate surface area is 173 Å². The molecule has 0 aliphatic heterocycles. The molecule has 1 aliphatic rings. The fraction of sp³-hybridized carbons (Fsp3) is 0.259. The van der Waals surface area contributed by atoms with Crippen LogP contribution < -0.4 is 0 Å². The number of unbranched alkanes of at least 4 members (excludes halogenated alkanes) is 2. The van der Waals surface area contributed by atoms with E-state index in [1.54, 1.807) is 0 Å². The summed E-state index contributed by atoms with van der Waals surface area (Å²) in [6.07, 6.45) is 7.31. The van der Waals surface area contributed by atoms with Gasteiger partial charge in [-0.1, -0.05) is 67.5 Å². The van der Waals surface area contributed by atoms with Crippen molar-refractivity contribution in [3.8, 4) is 23.0 Å². The third-order valence-electron chi connectivity index (χ3n) is 5.49. The molecule has 3 aromatic carbocycles. The number of benzene rings is 3. The summed E-state index contributed by atoms with van der Waals surface area (Å²) in [4.78, 5) is 0. The maximum absolute atomic E-state index is 5.94. The Kier molecular flexibility index (Phi) is 5.84. The molecule has 0 spiro atoms. The lowest BCUT2D eigenvalue weighted by atomic mass is 9.83. The molecule has 0 amide bonds. The highest BCUT2D eigenvalue weighted by Gasteiger charge is 2.16. The SMILES string of the molecule is CCCCCc1ccc2c(c1)CCc1cc(C#Cc3ccc(Cl)cc3)ccc1-2. The quantitative estimate of drug-likeness (QED) is 0.328. The summed E-state index contributed by atoms with van der Waals surface area (Å²) in [5.41, 5.74) is 9.24. The fourth-order valence-electron chi connectivity index (χ4n) is 3.94. The fourth-order valence-corrected chi connectivity index (χ4v) is 4.07. The second kappa shape index (κ2) is 8.68. The third kappa shape index (κ3) is 4.32. The Hall–Kier alpha value is -2.49. The van der Waals surface area contributed by atoms with E-state index >= 15 is 0 Å². The van der Waals surface area contributed by atoms with Crippen LogP contribution in [-0.2, 0) is 19.3 Å². The van der Waals surface area contributed by atoms with Crippen molar-refractivity contribution in [3.05, 3.63) is 93.5 Å². The maximum atomic E-state index is 5.94. The van der Waals surface area contributed by atoms with E-state index in [2.05, 4.69) is 55.2 Å². The highest BCUT2D eigenvalue weighted by Crippen LogP contribution is 2.34. The summed E-state index contributed by atoms with van der Waals surface area (Å²) in [6, 6.07) is 21.4. The number of fused-ring (bicyclic) bond motifs is 3. The topological polar surface area (TPSA) is 0 Å². The van der Waals surface area contributed by atoms with Crippen LogP contribution in [0.25, 0.3) is 11.1 Å². The zero-order valence-electron chi connectivity index (χ0n) is 16.4. The molecule has 1 heteroatoms. The number of rotatable bonds is 4. The minimum Gasteiger partial charge on any atom is -0.0843 e. The molecule has 0 nitrogen and oxygen atoms in total. The van der Waals surface area contributed by atoms with Gasteiger partial charge in [-0.25, -0.2) is 0 Å². The molecular formula is C27H25Cl. The van der Waals surface area contributed by atoms with Crippen molar-refractivity contribution < 1.29 is 0 Å². The van der Waals surface area contributed by atoms with Crippen molar-refractivity contribution >= 4 is 11.6 Å². The van der Waals surface area contributed by atoms with Gasteiger partial charge in [0.15, 0.2) is 0 Å². The number of hydrogen-bond donors (Lipinski definition) is 0. The van der Waals surface area contributed by atoms with E-state index in [0.717, 1.165) is 29.0 Å². The van der Waals surface area contributed by atoms with Gasteiger partial charge in [0.05, 0.1) is 0 Å². The maximum Gasteiger partial charge on any atom is 0.0406 e. The van der Waals surface area contributed by atoms with Crippen molar-refractivity contribution in [1.82, 2.24) is 0 Å². The average Bonchev–Trinajstić information content (AvgIpc) is 2.73. The summed E-state index contributed by atoms with van der Waals surface area (Å²) in [5.74, 6) is 6.54. The Morgan fingerprint density at radius 3 is 2.14 bits per heavy atom. The van der Waals surface area contributed by atoms with Gasteiger partial charge in [0.25, 0.3) is 0 Å². The molecule has 0 N–H and O–H groups in total. The normalized spacial score (nSPS) is 11.9. The second-order valence-electron chi connectivity index (χ2n) is 7.58. The number of aryl methyl sites for hydroxylation is 3. The Bertz CT molecular complexity index is 1030. The molecule has 0 saturated carbocycles. The van der Waals surface area contributed by atoms with Gasteiger partial charge in [-0.3, -0.25) is 0 Å². The van der Waals surface area contributed by atoms with E-state index in [9.17, 15) is 0 Å². The van der Waals surface area contributed by atoms with Crippen LogP contribution in [0.5, 0.6) is 0 Å². The predicted octanol–water partition coefficient (Wildman–Crippen LogP) is 7.24. The van der Waals surface area contributed by atoms with E-state index in [0.29, 0.717) is 0 Å². The summed E-state index contributed by atoms with van der Waals surface area (Å²) < 4.78 is 0. The molecule has 0 unspecified atom stereocenters. The second-order valence-corrected chi connectivity index (χ2v) is 8.01. The molecule has 0 radical (unpaired) electrons. The average molecular weight is 385 g/mol. The van der Waals surface area contributed by atoms with Crippen LogP contribution in [0.1, 0.15) is 54.0 Å². The lowest BCUT2D eigenvalue weighted by molar-refractivity contribution is 0.716. The molecule has 0 bridgehead atoms. The standard InChI is InChI=1S/C27H25Cl/c1-2-3-4-5-21-10-16-26-23(18-21)12-13-24-19-22(11-17-27(24)26)7-6-20-8-14-25(28)15-9-20/h8-11,14-19H,2-5,12-13H2,1H3. The minimum absolute atomic E-state index is 0.742. The largest absolute Gasteiger partial charge is 0.0843 e. The molecule has 3 aromatic rings. The van der Waals surface area contributed by atoms with Crippen LogP contribution in [0.4, 0.5) is 0 Å². The van der Waals surface area contributed by atoms with Gasteiger partial charge in [0.2, 0.25) is 0 Å². The first-order valence-electron chi connectivity index (χ1n) is 10.3. The van der Waals surface area contributed by atoms with E-state index in [4.69, 9.17) is 11.6 Å². The van der Waals surface area contributed by atoms with Gasteiger partial charge in [-0.2, -0.15) is 0 Å². The van der Waals surface area contributed by atoms with E-state index in [-0.39, 0.29) is 0 Å². The zero-order valence-corrected chi connectivity index (χ0v) is 17.2. The number of hydrogen-bond acceptors (Lipinski definition) is 0. The van der Waals surface area contributed by atoms with Gasteiger partial charge in [-0.15, -0.1) is 0 Å². The van der Waals surface area contributed by atoms with E-state index in [1.165, 1.54) is 53.5 Å². The minimum atomic E-state index is 0.742. The highest BCUT2D eigenvalue weighted by atomic mass is 35.5. The monoisotopic (exact) mass is 384 g/mol. The molecule has 0 heterocycles. The smallest absolute Gasteiger partial charge is 0.0406 e. The molecule has 28 heavy (non-hydrogen) atoms. The summed E-state index contributed by atoms with van der Waals surface area (Å²) >= 11 is 5.94. The first-order valence-corrected chi connectivity index (χ1v) is 10.6. The number of halogens is 1. The molecule has 0 saturated heterocycles. The van der Waals surface area contributed by atoms with Crippen molar-refractivity contribution in [3.63, 3.8) is 0 Å². The van der Waals surface area contributed by atoms with Gasteiger partial charge in [0.1, 0.15) is 0 Å². The Morgan fingerprint density at radius 1 is 0.750 bits per heavy atom. The van der Waals surface area contributed by atoms with Crippen LogP contribution >= 0.6 is 11.6 Å². The third-order valence-corrected chi connectivity index (χ3v) is 5.75. The van der Waals surface area contributed by atoms with Gasteiger partial charge >= 0.3 is 0 Å². The molecular weight excluding hydrogens is 360 g/mol. The molecule has 4 rings (SSSR count). The van der Waals surface area contributed by atoms with E-state index < -0.39 is 0 Å². The summed E-state index contributed by atoms with van der Waals surface area (Å²) in [7, 11) is 0. The molecule has 0 fully saturated rings. The summed E-state index contributed by atoms with van der Waals surface area (Å²) in [6.45, 7) is 2.26. The highest BCUT2D eigenvalue weighted by molar-refractivity contribution is 6.30. The lowest BCUT2D eigenvalue weighted by Crippen LogP contribution is -2.05. The van der Waals surface area contributed by atoms with Crippen LogP contribution in [-0.4, -0.2) is 0 Å². The summed E-state index contributed by atoms with van der Waals surface area (Å²) in [5, 5.41) is 0.742. The Balaban J connectivity index is 1.56. The first-order chi connectivity index (χ1) is 13.7. The van der Waals surface area contributed by atoms with E-state index in [1.807, 2.05) is 24.3 Å². The van der Waals surface area contributed by atoms with Crippen LogP contribution in [0.2, 0.25) is 5.02 Å². The van der Waals surface area contributed by atoms with Crippen molar-refractivity contribution in [1.29, 1.82) is 0 Å². The Morgan fingerprint density at radius 2 is 1.39 bits per heavy atom. The molecule has 0 atom stereocenters.